The zero-order valence-corrected chi connectivity index (χ0v) is 14.3. The van der Waals surface area contributed by atoms with E-state index in [4.69, 9.17) is 0 Å². The summed E-state index contributed by atoms with van der Waals surface area (Å²) in [6.07, 6.45) is 3.67. The quantitative estimate of drug-likeness (QED) is 0.679. The molecule has 0 amide bonds. The number of nitro groups is 1. The molecule has 0 spiro atoms. The highest BCUT2D eigenvalue weighted by atomic mass is 35.5. The van der Waals surface area contributed by atoms with Crippen LogP contribution in [0.1, 0.15) is 22.7 Å². The summed E-state index contributed by atoms with van der Waals surface area (Å²) in [7, 11) is 0. The summed E-state index contributed by atoms with van der Waals surface area (Å²) in [5.74, 6) is 0. The molecule has 1 aliphatic rings. The number of hydrogen-bond acceptors (Lipinski definition) is 5. The standard InChI is InChI=1S/C17H20N4O2.ClH/c1-13-15(4-2-6-16(13)21(22)23)12-20-9-8-19-11-17(20)14-5-3-7-18-10-14;/h2-7,10,17,19H,8-9,11-12H2,1H3;1H. The predicted octanol–water partition coefficient (Wildman–Crippen LogP) is 2.87. The van der Waals surface area contributed by atoms with Gasteiger partial charge in [-0.1, -0.05) is 18.2 Å². The number of aromatic nitrogens is 1. The van der Waals surface area contributed by atoms with Gasteiger partial charge in [-0.15, -0.1) is 12.4 Å². The van der Waals surface area contributed by atoms with E-state index >= 15 is 0 Å². The molecule has 1 aromatic carbocycles. The molecule has 0 radical (unpaired) electrons. The molecule has 1 saturated heterocycles. The van der Waals surface area contributed by atoms with Crippen LogP contribution in [-0.4, -0.2) is 34.4 Å². The third-order valence-corrected chi connectivity index (χ3v) is 4.41. The summed E-state index contributed by atoms with van der Waals surface area (Å²) in [6, 6.07) is 9.57. The van der Waals surface area contributed by atoms with Crippen molar-refractivity contribution < 1.29 is 4.92 Å². The Balaban J connectivity index is 0.00000208. The largest absolute Gasteiger partial charge is 0.314 e. The number of halogens is 1. The van der Waals surface area contributed by atoms with E-state index in [1.165, 1.54) is 5.56 Å². The summed E-state index contributed by atoms with van der Waals surface area (Å²) in [5, 5.41) is 14.5. The van der Waals surface area contributed by atoms with Crippen LogP contribution in [0.25, 0.3) is 0 Å². The van der Waals surface area contributed by atoms with Crippen molar-refractivity contribution in [3.8, 4) is 0 Å². The fourth-order valence-electron chi connectivity index (χ4n) is 3.10. The lowest BCUT2D eigenvalue weighted by molar-refractivity contribution is -0.385. The first-order valence-corrected chi connectivity index (χ1v) is 7.74. The molecule has 0 bridgehead atoms. The molecule has 7 heteroatoms. The highest BCUT2D eigenvalue weighted by molar-refractivity contribution is 5.85. The van der Waals surface area contributed by atoms with Crippen LogP contribution in [0, 0.1) is 17.0 Å². The SMILES string of the molecule is Cc1c(CN2CCNCC2c2cccnc2)cccc1[N+](=O)[O-].Cl. The van der Waals surface area contributed by atoms with Crippen molar-refractivity contribution in [3.05, 3.63) is 69.5 Å². The van der Waals surface area contributed by atoms with Gasteiger partial charge in [0.1, 0.15) is 0 Å². The van der Waals surface area contributed by atoms with E-state index in [0.717, 1.165) is 30.8 Å². The van der Waals surface area contributed by atoms with Gasteiger partial charge in [-0.25, -0.2) is 0 Å². The highest BCUT2D eigenvalue weighted by Crippen LogP contribution is 2.27. The molecule has 1 atom stereocenters. The lowest BCUT2D eigenvalue weighted by Gasteiger charge is -2.36. The zero-order valence-electron chi connectivity index (χ0n) is 13.5. The lowest BCUT2D eigenvalue weighted by Crippen LogP contribution is -2.45. The van der Waals surface area contributed by atoms with E-state index in [0.29, 0.717) is 6.54 Å². The number of piperazine rings is 1. The Morgan fingerprint density at radius 3 is 2.92 bits per heavy atom. The van der Waals surface area contributed by atoms with Crippen LogP contribution >= 0.6 is 12.4 Å². The maximum absolute atomic E-state index is 11.1. The third kappa shape index (κ3) is 3.90. The molecule has 1 unspecified atom stereocenters. The number of pyridine rings is 1. The van der Waals surface area contributed by atoms with Crippen molar-refractivity contribution in [2.45, 2.75) is 19.5 Å². The monoisotopic (exact) mass is 348 g/mol. The fraction of sp³-hybridized carbons (Fsp3) is 0.353. The number of rotatable bonds is 4. The van der Waals surface area contributed by atoms with Crippen LogP contribution in [0.5, 0.6) is 0 Å². The van der Waals surface area contributed by atoms with Crippen LogP contribution in [0.15, 0.2) is 42.7 Å². The summed E-state index contributed by atoms with van der Waals surface area (Å²) in [4.78, 5) is 17.4. The number of nitrogens with zero attached hydrogens (tertiary/aromatic N) is 3. The molecule has 2 aromatic rings. The van der Waals surface area contributed by atoms with Crippen molar-refractivity contribution in [1.29, 1.82) is 0 Å². The second kappa shape index (κ2) is 8.19. The minimum atomic E-state index is -0.310. The first kappa shape index (κ1) is 18.3. The van der Waals surface area contributed by atoms with Gasteiger partial charge in [-0.3, -0.25) is 20.0 Å². The summed E-state index contributed by atoms with van der Waals surface area (Å²) in [6.45, 7) is 5.22. The molecule has 0 saturated carbocycles. The number of nitro benzene ring substituents is 1. The molecule has 1 fully saturated rings. The van der Waals surface area contributed by atoms with Gasteiger partial charge in [0.2, 0.25) is 0 Å². The average Bonchev–Trinajstić information content (AvgIpc) is 2.58. The van der Waals surface area contributed by atoms with Crippen LogP contribution in [0.3, 0.4) is 0 Å². The van der Waals surface area contributed by atoms with E-state index in [2.05, 4.69) is 21.3 Å². The van der Waals surface area contributed by atoms with Crippen LogP contribution in [0.4, 0.5) is 5.69 Å². The average molecular weight is 349 g/mol. The molecule has 24 heavy (non-hydrogen) atoms. The maximum atomic E-state index is 11.1. The number of nitrogens with one attached hydrogen (secondary N) is 1. The molecule has 1 aromatic heterocycles. The molecular formula is C17H21ClN4O2. The zero-order chi connectivity index (χ0) is 16.2. The van der Waals surface area contributed by atoms with E-state index in [-0.39, 0.29) is 29.1 Å². The molecule has 6 nitrogen and oxygen atoms in total. The second-order valence-corrected chi connectivity index (χ2v) is 5.80. The van der Waals surface area contributed by atoms with Gasteiger partial charge in [-0.05, 0) is 24.1 Å². The second-order valence-electron chi connectivity index (χ2n) is 5.80. The predicted molar refractivity (Wildman–Crippen MR) is 95.3 cm³/mol. The Bertz CT molecular complexity index is 696. The molecule has 1 aliphatic heterocycles. The Hall–Kier alpha value is -2.02. The topological polar surface area (TPSA) is 71.3 Å². The molecule has 1 N–H and O–H groups in total. The molecule has 2 heterocycles. The van der Waals surface area contributed by atoms with Crippen molar-refractivity contribution in [2.24, 2.45) is 0 Å². The Labute approximate surface area is 147 Å². The number of benzene rings is 1. The van der Waals surface area contributed by atoms with E-state index < -0.39 is 0 Å². The van der Waals surface area contributed by atoms with Gasteiger partial charge >= 0.3 is 0 Å². The molecule has 0 aliphatic carbocycles. The normalized spacial score (nSPS) is 18.0. The van der Waals surface area contributed by atoms with E-state index in [1.807, 2.05) is 25.3 Å². The fourth-order valence-corrected chi connectivity index (χ4v) is 3.10. The van der Waals surface area contributed by atoms with Crippen molar-refractivity contribution in [1.82, 2.24) is 15.2 Å². The minimum absolute atomic E-state index is 0. The van der Waals surface area contributed by atoms with Crippen LogP contribution < -0.4 is 5.32 Å². The molecule has 3 rings (SSSR count). The number of hydrogen-bond donors (Lipinski definition) is 1. The van der Waals surface area contributed by atoms with Crippen molar-refractivity contribution in [3.63, 3.8) is 0 Å². The van der Waals surface area contributed by atoms with Crippen molar-refractivity contribution in [2.75, 3.05) is 19.6 Å². The van der Waals surface area contributed by atoms with Gasteiger partial charge < -0.3 is 5.32 Å². The summed E-state index contributed by atoms with van der Waals surface area (Å²) < 4.78 is 0. The first-order valence-electron chi connectivity index (χ1n) is 7.74. The Morgan fingerprint density at radius 1 is 1.38 bits per heavy atom. The Morgan fingerprint density at radius 2 is 2.21 bits per heavy atom. The summed E-state index contributed by atoms with van der Waals surface area (Å²) in [5.41, 5.74) is 3.12. The van der Waals surface area contributed by atoms with Gasteiger partial charge in [0, 0.05) is 56.2 Å². The van der Waals surface area contributed by atoms with Crippen LogP contribution in [0.2, 0.25) is 0 Å². The molecular weight excluding hydrogens is 328 g/mol. The summed E-state index contributed by atoms with van der Waals surface area (Å²) >= 11 is 0. The maximum Gasteiger partial charge on any atom is 0.272 e. The lowest BCUT2D eigenvalue weighted by atomic mass is 10.0. The smallest absolute Gasteiger partial charge is 0.272 e. The van der Waals surface area contributed by atoms with Gasteiger partial charge in [0.25, 0.3) is 5.69 Å². The highest BCUT2D eigenvalue weighted by Gasteiger charge is 2.25. The van der Waals surface area contributed by atoms with Gasteiger partial charge in [-0.2, -0.15) is 0 Å². The van der Waals surface area contributed by atoms with E-state index in [9.17, 15) is 10.1 Å². The van der Waals surface area contributed by atoms with Crippen molar-refractivity contribution >= 4 is 18.1 Å². The molecule has 128 valence electrons. The minimum Gasteiger partial charge on any atom is -0.314 e. The third-order valence-electron chi connectivity index (χ3n) is 4.41. The first-order chi connectivity index (χ1) is 11.2. The Kier molecular flexibility index (Phi) is 6.25. The van der Waals surface area contributed by atoms with E-state index in [1.54, 1.807) is 18.3 Å². The van der Waals surface area contributed by atoms with Gasteiger partial charge in [0.15, 0.2) is 0 Å². The van der Waals surface area contributed by atoms with Gasteiger partial charge in [0.05, 0.1) is 4.92 Å². The van der Waals surface area contributed by atoms with Crippen LogP contribution in [-0.2, 0) is 6.54 Å².